The first-order valence-electron chi connectivity index (χ1n) is 9.03. The van der Waals surface area contributed by atoms with E-state index in [1.54, 1.807) is 0 Å². The summed E-state index contributed by atoms with van der Waals surface area (Å²) in [6.45, 7) is 11.0. The van der Waals surface area contributed by atoms with Crippen LogP contribution in [0.1, 0.15) is 92.4 Å². The molecule has 0 radical (unpaired) electrons. The predicted octanol–water partition coefficient (Wildman–Crippen LogP) is 5.47. The van der Waals surface area contributed by atoms with E-state index < -0.39 is 0 Å². The standard InChI is InChI=1S/C19H36O3/c1-18(2,3)14-10-9-13-17(20)15-21-22-19(4,5)16-11-7-6-8-12-16/h16H,6-15H2,1-5H3. The van der Waals surface area contributed by atoms with E-state index in [-0.39, 0.29) is 18.0 Å². The van der Waals surface area contributed by atoms with E-state index in [0.717, 1.165) is 19.3 Å². The molecule has 0 saturated heterocycles. The van der Waals surface area contributed by atoms with Crippen LogP contribution >= 0.6 is 0 Å². The molecule has 0 atom stereocenters. The highest BCUT2D eigenvalue weighted by Crippen LogP contribution is 2.34. The van der Waals surface area contributed by atoms with E-state index in [1.807, 2.05) is 0 Å². The Morgan fingerprint density at radius 2 is 1.64 bits per heavy atom. The fourth-order valence-electron chi connectivity index (χ4n) is 3.16. The lowest BCUT2D eigenvalue weighted by atomic mass is 9.79. The quantitative estimate of drug-likeness (QED) is 0.322. The van der Waals surface area contributed by atoms with E-state index in [9.17, 15) is 4.79 Å². The van der Waals surface area contributed by atoms with Gasteiger partial charge in [0.15, 0.2) is 5.78 Å². The minimum absolute atomic E-state index is 0.0890. The van der Waals surface area contributed by atoms with Crippen molar-refractivity contribution in [1.29, 1.82) is 0 Å². The van der Waals surface area contributed by atoms with E-state index in [2.05, 4.69) is 34.6 Å². The van der Waals surface area contributed by atoms with Crippen molar-refractivity contribution >= 4 is 5.78 Å². The van der Waals surface area contributed by atoms with Crippen LogP contribution in [0.5, 0.6) is 0 Å². The Balaban J connectivity index is 2.13. The Morgan fingerprint density at radius 3 is 2.23 bits per heavy atom. The summed E-state index contributed by atoms with van der Waals surface area (Å²) in [6.07, 6.45) is 10.1. The van der Waals surface area contributed by atoms with Crippen LogP contribution in [0.3, 0.4) is 0 Å². The van der Waals surface area contributed by atoms with Crippen LogP contribution in [0.2, 0.25) is 0 Å². The molecule has 3 heteroatoms. The number of rotatable bonds is 9. The molecule has 130 valence electrons. The molecule has 0 bridgehead atoms. The maximum atomic E-state index is 11.8. The van der Waals surface area contributed by atoms with Crippen molar-refractivity contribution < 1.29 is 14.6 Å². The largest absolute Gasteiger partial charge is 0.297 e. The molecule has 0 aromatic heterocycles. The molecular weight excluding hydrogens is 276 g/mol. The first-order valence-corrected chi connectivity index (χ1v) is 9.03. The summed E-state index contributed by atoms with van der Waals surface area (Å²) < 4.78 is 0. The van der Waals surface area contributed by atoms with Crippen molar-refractivity contribution in [1.82, 2.24) is 0 Å². The maximum Gasteiger partial charge on any atom is 0.161 e. The Labute approximate surface area is 137 Å². The van der Waals surface area contributed by atoms with Gasteiger partial charge in [-0.25, -0.2) is 9.78 Å². The molecule has 1 fully saturated rings. The minimum Gasteiger partial charge on any atom is -0.297 e. The molecule has 3 nitrogen and oxygen atoms in total. The van der Waals surface area contributed by atoms with E-state index >= 15 is 0 Å². The second-order valence-corrected chi connectivity index (χ2v) is 8.59. The average molecular weight is 312 g/mol. The normalized spacial score (nSPS) is 17.7. The van der Waals surface area contributed by atoms with E-state index in [0.29, 0.717) is 17.8 Å². The summed E-state index contributed by atoms with van der Waals surface area (Å²) in [6, 6.07) is 0. The zero-order valence-corrected chi connectivity index (χ0v) is 15.4. The van der Waals surface area contributed by atoms with Gasteiger partial charge in [0.2, 0.25) is 0 Å². The van der Waals surface area contributed by atoms with Gasteiger partial charge in [0, 0.05) is 6.42 Å². The Morgan fingerprint density at radius 1 is 1.00 bits per heavy atom. The maximum absolute atomic E-state index is 11.8. The highest BCUT2D eigenvalue weighted by atomic mass is 17.2. The van der Waals surface area contributed by atoms with Crippen LogP contribution in [-0.4, -0.2) is 18.0 Å². The van der Waals surface area contributed by atoms with Gasteiger partial charge in [0.25, 0.3) is 0 Å². The van der Waals surface area contributed by atoms with E-state index in [1.165, 1.54) is 32.1 Å². The van der Waals surface area contributed by atoms with Crippen molar-refractivity contribution in [3.8, 4) is 0 Å². The molecule has 0 aromatic rings. The first kappa shape index (κ1) is 19.6. The van der Waals surface area contributed by atoms with Gasteiger partial charge >= 0.3 is 0 Å². The number of hydrogen-bond donors (Lipinski definition) is 0. The van der Waals surface area contributed by atoms with Crippen molar-refractivity contribution in [2.45, 2.75) is 98.0 Å². The van der Waals surface area contributed by atoms with Gasteiger partial charge in [0.1, 0.15) is 12.2 Å². The molecule has 0 heterocycles. The van der Waals surface area contributed by atoms with Crippen LogP contribution in [0, 0.1) is 11.3 Å². The predicted molar refractivity (Wildman–Crippen MR) is 90.6 cm³/mol. The van der Waals surface area contributed by atoms with Gasteiger partial charge < -0.3 is 0 Å². The zero-order chi connectivity index (χ0) is 16.6. The van der Waals surface area contributed by atoms with Gasteiger partial charge in [-0.15, -0.1) is 0 Å². The minimum atomic E-state index is -0.285. The molecule has 0 spiro atoms. The molecule has 1 saturated carbocycles. The molecule has 1 rings (SSSR count). The van der Waals surface area contributed by atoms with Crippen LogP contribution in [0.15, 0.2) is 0 Å². The van der Waals surface area contributed by atoms with E-state index in [4.69, 9.17) is 9.78 Å². The summed E-state index contributed by atoms with van der Waals surface area (Å²) in [5.41, 5.74) is 0.0691. The molecule has 0 N–H and O–H groups in total. The van der Waals surface area contributed by atoms with Crippen LogP contribution in [0.4, 0.5) is 0 Å². The lowest BCUT2D eigenvalue weighted by Gasteiger charge is -2.35. The summed E-state index contributed by atoms with van der Waals surface area (Å²) in [5, 5.41) is 0. The molecule has 0 amide bonds. The van der Waals surface area contributed by atoms with Crippen LogP contribution in [0.25, 0.3) is 0 Å². The van der Waals surface area contributed by atoms with Gasteiger partial charge in [-0.3, -0.25) is 4.79 Å². The lowest BCUT2D eigenvalue weighted by Crippen LogP contribution is -2.36. The molecule has 22 heavy (non-hydrogen) atoms. The number of Topliss-reactive ketones (excluding diaryl/α,β-unsaturated/α-hetero) is 1. The molecule has 1 aliphatic carbocycles. The second kappa shape index (κ2) is 9.02. The number of carbonyl (C=O) groups is 1. The molecule has 0 aromatic carbocycles. The number of unbranched alkanes of at least 4 members (excludes halogenated alkanes) is 1. The van der Waals surface area contributed by atoms with Gasteiger partial charge in [0.05, 0.1) is 0 Å². The smallest absolute Gasteiger partial charge is 0.161 e. The average Bonchev–Trinajstić information content (AvgIpc) is 2.43. The molecular formula is C19H36O3. The zero-order valence-electron chi connectivity index (χ0n) is 15.4. The fraction of sp³-hybridized carbons (Fsp3) is 0.947. The SMILES string of the molecule is CC(C)(C)CCCCC(=O)COOC(C)(C)C1CCCCC1. The van der Waals surface area contributed by atoms with Gasteiger partial charge in [-0.2, -0.15) is 0 Å². The van der Waals surface area contributed by atoms with Crippen molar-refractivity contribution in [3.63, 3.8) is 0 Å². The number of ketones is 1. The van der Waals surface area contributed by atoms with Crippen LogP contribution in [-0.2, 0) is 14.6 Å². The second-order valence-electron chi connectivity index (χ2n) is 8.59. The third kappa shape index (κ3) is 8.28. The monoisotopic (exact) mass is 312 g/mol. The van der Waals surface area contributed by atoms with Gasteiger partial charge in [-0.1, -0.05) is 46.5 Å². The fourth-order valence-corrected chi connectivity index (χ4v) is 3.16. The lowest BCUT2D eigenvalue weighted by molar-refractivity contribution is -0.360. The van der Waals surface area contributed by atoms with Crippen molar-refractivity contribution in [2.75, 3.05) is 6.61 Å². The highest BCUT2D eigenvalue weighted by molar-refractivity contribution is 5.79. The van der Waals surface area contributed by atoms with Gasteiger partial charge in [-0.05, 0) is 50.9 Å². The molecule has 1 aliphatic rings. The summed E-state index contributed by atoms with van der Waals surface area (Å²) in [7, 11) is 0. The molecule has 0 aliphatic heterocycles. The third-order valence-corrected chi connectivity index (χ3v) is 4.71. The van der Waals surface area contributed by atoms with Crippen molar-refractivity contribution in [3.05, 3.63) is 0 Å². The summed E-state index contributed by atoms with van der Waals surface area (Å²) in [4.78, 5) is 22.7. The van der Waals surface area contributed by atoms with Crippen molar-refractivity contribution in [2.24, 2.45) is 11.3 Å². The number of carbonyl (C=O) groups excluding carboxylic acids is 1. The van der Waals surface area contributed by atoms with Crippen LogP contribution < -0.4 is 0 Å². The summed E-state index contributed by atoms with van der Waals surface area (Å²) in [5.74, 6) is 0.691. The molecule has 0 unspecified atom stereocenters. The Hall–Kier alpha value is -0.410. The highest BCUT2D eigenvalue weighted by Gasteiger charge is 2.32. The summed E-state index contributed by atoms with van der Waals surface area (Å²) >= 11 is 0. The topological polar surface area (TPSA) is 35.5 Å². The Bertz CT molecular complexity index is 322. The number of hydrogen-bond acceptors (Lipinski definition) is 3. The third-order valence-electron chi connectivity index (χ3n) is 4.71. The Kier molecular flexibility index (Phi) is 8.06. The first-order chi connectivity index (χ1) is 10.2.